The van der Waals surface area contributed by atoms with Crippen LogP contribution in [-0.2, 0) is 29.4 Å². The van der Waals surface area contributed by atoms with E-state index in [0.717, 1.165) is 16.7 Å². The first-order chi connectivity index (χ1) is 19.5. The molecule has 0 bridgehead atoms. The van der Waals surface area contributed by atoms with Crippen molar-refractivity contribution in [2.24, 2.45) is 0 Å². The molecule has 0 aromatic heterocycles. The van der Waals surface area contributed by atoms with Gasteiger partial charge >= 0.3 is 12.1 Å². The van der Waals surface area contributed by atoms with Crippen LogP contribution in [0.2, 0.25) is 5.02 Å². The minimum atomic E-state index is -1.57. The molecule has 1 amide bonds. The number of carbonyl (C=O) groups excluding carboxylic acids is 1. The molecule has 0 aliphatic heterocycles. The normalized spacial score (nSPS) is 11.2. The lowest BCUT2D eigenvalue weighted by molar-refractivity contribution is -0.139. The predicted octanol–water partition coefficient (Wildman–Crippen LogP) is 6.56. The van der Waals surface area contributed by atoms with E-state index in [2.05, 4.69) is 5.32 Å². The van der Waals surface area contributed by atoms with Gasteiger partial charge in [-0.05, 0) is 22.8 Å². The number of nitrogens with one attached hydrogen (secondary N) is 1. The molecule has 9 heteroatoms. The predicted molar refractivity (Wildman–Crippen MR) is 150 cm³/mol. The summed E-state index contributed by atoms with van der Waals surface area (Å²) >= 11 is 6.73. The summed E-state index contributed by atoms with van der Waals surface area (Å²) in [6.07, 6.45) is -0.929. The quantitative estimate of drug-likeness (QED) is 0.202. The fourth-order valence-electron chi connectivity index (χ4n) is 3.87. The van der Waals surface area contributed by atoms with Gasteiger partial charge in [0, 0.05) is 5.56 Å². The number of aliphatic carboxylic acids is 1. The van der Waals surface area contributed by atoms with Crippen LogP contribution < -0.4 is 19.5 Å². The van der Waals surface area contributed by atoms with Crippen molar-refractivity contribution in [3.05, 3.63) is 124 Å². The van der Waals surface area contributed by atoms with Crippen LogP contribution in [0, 0.1) is 0 Å². The van der Waals surface area contributed by atoms with Crippen LogP contribution >= 0.6 is 11.6 Å². The highest BCUT2D eigenvalue weighted by molar-refractivity contribution is 6.33. The van der Waals surface area contributed by atoms with Crippen molar-refractivity contribution in [3.63, 3.8) is 0 Å². The molecule has 4 rings (SSSR count). The summed E-state index contributed by atoms with van der Waals surface area (Å²) in [6.45, 7) is 0.260. The molecule has 0 radical (unpaired) electrons. The van der Waals surface area contributed by atoms with Gasteiger partial charge in [-0.2, -0.15) is 0 Å². The maximum absolute atomic E-state index is 12.6. The Hall–Kier alpha value is -4.69. The lowest BCUT2D eigenvalue weighted by Crippen LogP contribution is -2.34. The molecule has 0 aliphatic carbocycles. The molecule has 0 unspecified atom stereocenters. The van der Waals surface area contributed by atoms with Crippen LogP contribution in [0.4, 0.5) is 4.79 Å². The van der Waals surface area contributed by atoms with Crippen LogP contribution in [0.3, 0.4) is 0 Å². The Bertz CT molecular complexity index is 1420. The average Bonchev–Trinajstić information content (AvgIpc) is 2.99. The number of rotatable bonds is 12. The summed E-state index contributed by atoms with van der Waals surface area (Å²) in [6, 6.07) is 27.7. The second kappa shape index (κ2) is 13.9. The van der Waals surface area contributed by atoms with Crippen molar-refractivity contribution in [2.45, 2.75) is 25.9 Å². The molecule has 0 saturated carbocycles. The molecule has 206 valence electrons. The average molecular weight is 562 g/mol. The molecule has 0 fully saturated rings. The number of ether oxygens (including phenoxy) is 4. The van der Waals surface area contributed by atoms with Gasteiger partial charge in [0.05, 0.1) is 12.1 Å². The fourth-order valence-corrected chi connectivity index (χ4v) is 4.18. The molecule has 2 N–H and O–H groups in total. The van der Waals surface area contributed by atoms with Crippen molar-refractivity contribution < 1.29 is 33.6 Å². The Morgan fingerprint density at radius 3 is 1.77 bits per heavy atom. The van der Waals surface area contributed by atoms with Crippen molar-refractivity contribution in [3.8, 4) is 17.2 Å². The van der Waals surface area contributed by atoms with Crippen molar-refractivity contribution >= 4 is 23.7 Å². The monoisotopic (exact) mass is 561 g/mol. The number of halogens is 1. The second-order valence-electron chi connectivity index (χ2n) is 8.67. The first-order valence-electron chi connectivity index (χ1n) is 12.4. The fraction of sp³-hybridized carbons (Fsp3) is 0.161. The minimum absolute atomic E-state index is 0.0355. The van der Waals surface area contributed by atoms with Gasteiger partial charge in [-0.1, -0.05) is 103 Å². The number of amides is 1. The summed E-state index contributed by atoms with van der Waals surface area (Å²) in [5, 5.41) is 12.4. The van der Waals surface area contributed by atoms with Gasteiger partial charge in [0.15, 0.2) is 17.5 Å². The molecule has 4 aromatic carbocycles. The van der Waals surface area contributed by atoms with E-state index in [1.165, 1.54) is 13.2 Å². The number of hydrogen-bond acceptors (Lipinski definition) is 6. The standard InChI is InChI=1S/C31H28ClNO7/c1-37-28-25(38-18-21-11-5-2-6-12-21)17-24(26(32)29(28)39-19-22-13-7-3-8-14-22)27(30(34)35)33-31(36)40-20-23-15-9-4-10-16-23/h2-17,27H,18-20H2,1H3,(H,33,36)(H,34,35)/t27-/m1/s1. The summed E-state index contributed by atoms with van der Waals surface area (Å²) in [5.74, 6) is -0.887. The number of methoxy groups -OCH3 is 1. The van der Waals surface area contributed by atoms with Gasteiger partial charge < -0.3 is 29.4 Å². The van der Waals surface area contributed by atoms with Gasteiger partial charge in [-0.15, -0.1) is 0 Å². The maximum Gasteiger partial charge on any atom is 0.408 e. The van der Waals surface area contributed by atoms with Crippen molar-refractivity contribution in [2.75, 3.05) is 7.11 Å². The molecule has 40 heavy (non-hydrogen) atoms. The van der Waals surface area contributed by atoms with Gasteiger partial charge in [-0.25, -0.2) is 9.59 Å². The van der Waals surface area contributed by atoms with Gasteiger partial charge in [0.25, 0.3) is 0 Å². The first-order valence-corrected chi connectivity index (χ1v) is 12.8. The lowest BCUT2D eigenvalue weighted by atomic mass is 10.0. The third kappa shape index (κ3) is 7.45. The molecule has 0 saturated heterocycles. The van der Waals surface area contributed by atoms with E-state index in [1.54, 1.807) is 12.1 Å². The highest BCUT2D eigenvalue weighted by Crippen LogP contribution is 2.47. The number of carbonyl (C=O) groups is 2. The van der Waals surface area contributed by atoms with E-state index in [9.17, 15) is 14.7 Å². The van der Waals surface area contributed by atoms with Gasteiger partial charge in [0.1, 0.15) is 19.8 Å². The highest BCUT2D eigenvalue weighted by atomic mass is 35.5. The molecule has 0 heterocycles. The first kappa shape index (κ1) is 28.3. The zero-order valence-electron chi connectivity index (χ0n) is 21.7. The van der Waals surface area contributed by atoms with Crippen LogP contribution in [0.15, 0.2) is 97.1 Å². The Balaban J connectivity index is 1.65. The number of carboxylic acid groups (broad SMARTS) is 1. The molecule has 0 aliphatic rings. The van der Waals surface area contributed by atoms with Crippen LogP contribution in [0.5, 0.6) is 17.2 Å². The smallest absolute Gasteiger partial charge is 0.408 e. The van der Waals surface area contributed by atoms with E-state index in [4.69, 9.17) is 30.5 Å². The third-order valence-electron chi connectivity index (χ3n) is 5.87. The topological polar surface area (TPSA) is 103 Å². The van der Waals surface area contributed by atoms with E-state index in [0.29, 0.717) is 0 Å². The third-order valence-corrected chi connectivity index (χ3v) is 6.26. The van der Waals surface area contributed by atoms with Crippen LogP contribution in [-0.4, -0.2) is 24.3 Å². The lowest BCUT2D eigenvalue weighted by Gasteiger charge is -2.22. The molecule has 8 nitrogen and oxygen atoms in total. The summed E-state index contributed by atoms with van der Waals surface area (Å²) < 4.78 is 22.9. The van der Waals surface area contributed by atoms with Gasteiger partial charge in [-0.3, -0.25) is 0 Å². The number of benzene rings is 4. The van der Waals surface area contributed by atoms with E-state index < -0.39 is 18.1 Å². The Kier molecular flexibility index (Phi) is 9.85. The Morgan fingerprint density at radius 1 is 0.775 bits per heavy atom. The largest absolute Gasteiger partial charge is 0.490 e. The minimum Gasteiger partial charge on any atom is -0.490 e. The number of alkyl carbamates (subject to hydrolysis) is 1. The number of hydrogen-bond donors (Lipinski definition) is 2. The van der Waals surface area contributed by atoms with Crippen LogP contribution in [0.1, 0.15) is 28.3 Å². The second-order valence-corrected chi connectivity index (χ2v) is 9.04. The number of carboxylic acids is 1. The van der Waals surface area contributed by atoms with Crippen LogP contribution in [0.25, 0.3) is 0 Å². The Morgan fingerprint density at radius 2 is 1.27 bits per heavy atom. The molecule has 1 atom stereocenters. The SMILES string of the molecule is COc1c(OCc2ccccc2)cc([C@@H](NC(=O)OCc2ccccc2)C(=O)O)c(Cl)c1OCc1ccccc1. The zero-order valence-corrected chi connectivity index (χ0v) is 22.5. The molecule has 0 spiro atoms. The van der Waals surface area contributed by atoms with E-state index >= 15 is 0 Å². The molecular formula is C31H28ClNO7. The van der Waals surface area contributed by atoms with Crippen molar-refractivity contribution in [1.82, 2.24) is 5.32 Å². The summed E-state index contributed by atoms with van der Waals surface area (Å²) in [5.41, 5.74) is 2.53. The van der Waals surface area contributed by atoms with Gasteiger partial charge in [0.2, 0.25) is 5.75 Å². The van der Waals surface area contributed by atoms with E-state index in [1.807, 2.05) is 78.9 Å². The Labute approximate surface area is 237 Å². The maximum atomic E-state index is 12.6. The zero-order chi connectivity index (χ0) is 28.3. The highest BCUT2D eigenvalue weighted by Gasteiger charge is 2.31. The van der Waals surface area contributed by atoms with E-state index in [-0.39, 0.29) is 47.7 Å². The summed E-state index contributed by atoms with van der Waals surface area (Å²) in [4.78, 5) is 25.0. The molecule has 4 aromatic rings. The summed E-state index contributed by atoms with van der Waals surface area (Å²) in [7, 11) is 1.43. The van der Waals surface area contributed by atoms with Crippen molar-refractivity contribution in [1.29, 1.82) is 0 Å². The molecular weight excluding hydrogens is 534 g/mol.